The number of aldehydes is 1. The fourth-order valence-corrected chi connectivity index (χ4v) is 1.11. The Kier molecular flexibility index (Phi) is 3.36. The van der Waals surface area contributed by atoms with E-state index >= 15 is 0 Å². The lowest BCUT2D eigenvalue weighted by molar-refractivity contribution is -0.276. The van der Waals surface area contributed by atoms with Crippen molar-refractivity contribution in [3.63, 3.8) is 0 Å². The first-order chi connectivity index (χ1) is 7.39. The molecule has 0 radical (unpaired) electrons. The SMILES string of the molecule is COc1cnc(OC(F)(F)F)c(C=O)c1C. The molecule has 0 spiro atoms. The Hall–Kier alpha value is -1.79. The Morgan fingerprint density at radius 1 is 1.44 bits per heavy atom. The van der Waals surface area contributed by atoms with Crippen molar-refractivity contribution in [2.75, 3.05) is 7.11 Å². The van der Waals surface area contributed by atoms with Crippen molar-refractivity contribution < 1.29 is 27.4 Å². The molecule has 16 heavy (non-hydrogen) atoms. The molecule has 0 fully saturated rings. The zero-order valence-corrected chi connectivity index (χ0v) is 8.46. The summed E-state index contributed by atoms with van der Waals surface area (Å²) >= 11 is 0. The predicted molar refractivity (Wildman–Crippen MR) is 47.6 cm³/mol. The van der Waals surface area contributed by atoms with E-state index in [1.165, 1.54) is 14.0 Å². The molecular weight excluding hydrogens is 227 g/mol. The summed E-state index contributed by atoms with van der Waals surface area (Å²) in [5.41, 5.74) is -0.0385. The number of pyridine rings is 1. The monoisotopic (exact) mass is 235 g/mol. The summed E-state index contributed by atoms with van der Waals surface area (Å²) < 4.78 is 44.3. The molecule has 0 N–H and O–H groups in total. The maximum atomic E-state index is 12.0. The average molecular weight is 235 g/mol. The van der Waals surface area contributed by atoms with Crippen LogP contribution in [0.25, 0.3) is 0 Å². The number of halogens is 3. The van der Waals surface area contributed by atoms with E-state index in [9.17, 15) is 18.0 Å². The third kappa shape index (κ3) is 2.62. The smallest absolute Gasteiger partial charge is 0.495 e. The second kappa shape index (κ2) is 4.38. The molecule has 0 saturated heterocycles. The zero-order valence-electron chi connectivity index (χ0n) is 8.46. The van der Waals surface area contributed by atoms with Gasteiger partial charge in [-0.25, -0.2) is 4.98 Å². The second-order valence-corrected chi connectivity index (χ2v) is 2.84. The van der Waals surface area contributed by atoms with Gasteiger partial charge in [0.1, 0.15) is 5.75 Å². The molecule has 0 unspecified atom stereocenters. The third-order valence-electron chi connectivity index (χ3n) is 1.85. The molecule has 0 aliphatic heterocycles. The Morgan fingerprint density at radius 3 is 2.50 bits per heavy atom. The fraction of sp³-hybridized carbons (Fsp3) is 0.333. The molecule has 0 aromatic carbocycles. The topological polar surface area (TPSA) is 48.4 Å². The quantitative estimate of drug-likeness (QED) is 0.753. The Labute approximate surface area is 89.0 Å². The summed E-state index contributed by atoms with van der Waals surface area (Å²) in [7, 11) is 1.32. The van der Waals surface area contributed by atoms with Crippen LogP contribution >= 0.6 is 0 Å². The molecule has 1 aromatic heterocycles. The highest BCUT2D eigenvalue weighted by Crippen LogP contribution is 2.29. The van der Waals surface area contributed by atoms with Crippen LogP contribution in [0.2, 0.25) is 0 Å². The Bertz CT molecular complexity index is 404. The first kappa shape index (κ1) is 12.3. The molecule has 1 aromatic rings. The van der Waals surface area contributed by atoms with E-state index in [0.29, 0.717) is 0 Å². The molecule has 0 aliphatic carbocycles. The minimum absolute atomic E-state index is 0.219. The molecule has 0 saturated carbocycles. The molecule has 1 rings (SSSR count). The van der Waals surface area contributed by atoms with Gasteiger partial charge in [0.2, 0.25) is 5.88 Å². The van der Waals surface area contributed by atoms with Gasteiger partial charge in [-0.15, -0.1) is 13.2 Å². The van der Waals surface area contributed by atoms with Crippen molar-refractivity contribution in [3.05, 3.63) is 17.3 Å². The van der Waals surface area contributed by atoms with Crippen LogP contribution in [0, 0.1) is 6.92 Å². The standard InChI is InChI=1S/C9H8F3NO3/c1-5-6(4-14)8(16-9(10,11)12)13-3-7(5)15-2/h3-4H,1-2H3. The van der Waals surface area contributed by atoms with E-state index < -0.39 is 12.2 Å². The number of alkyl halides is 3. The number of rotatable bonds is 3. The summed E-state index contributed by atoms with van der Waals surface area (Å²) in [6.07, 6.45) is -3.58. The molecule has 7 heteroatoms. The summed E-state index contributed by atoms with van der Waals surface area (Å²) in [5.74, 6) is -0.558. The number of carbonyl (C=O) groups is 1. The maximum absolute atomic E-state index is 12.0. The molecule has 0 atom stereocenters. The zero-order chi connectivity index (χ0) is 12.3. The van der Waals surface area contributed by atoms with Crippen LogP contribution in [-0.4, -0.2) is 24.7 Å². The molecule has 4 nitrogen and oxygen atoms in total. The van der Waals surface area contributed by atoms with Gasteiger partial charge in [-0.2, -0.15) is 0 Å². The van der Waals surface area contributed by atoms with Crippen LogP contribution in [0.4, 0.5) is 13.2 Å². The lowest BCUT2D eigenvalue weighted by Gasteiger charge is -2.12. The number of nitrogens with zero attached hydrogens (tertiary/aromatic N) is 1. The summed E-state index contributed by atoms with van der Waals surface area (Å²) in [6.45, 7) is 1.44. The van der Waals surface area contributed by atoms with Crippen molar-refractivity contribution in [1.29, 1.82) is 0 Å². The van der Waals surface area contributed by atoms with Crippen molar-refractivity contribution in [2.24, 2.45) is 0 Å². The van der Waals surface area contributed by atoms with Gasteiger partial charge >= 0.3 is 6.36 Å². The number of carbonyl (C=O) groups excluding carboxylic acids is 1. The largest absolute Gasteiger partial charge is 0.574 e. The van der Waals surface area contributed by atoms with E-state index in [-0.39, 0.29) is 23.2 Å². The van der Waals surface area contributed by atoms with E-state index in [1.807, 2.05) is 0 Å². The lowest BCUT2D eigenvalue weighted by Crippen LogP contribution is -2.19. The molecule has 0 amide bonds. The van der Waals surface area contributed by atoms with Crippen molar-refractivity contribution >= 4 is 6.29 Å². The molecule has 0 aliphatic rings. The molecule has 88 valence electrons. The summed E-state index contributed by atoms with van der Waals surface area (Å²) in [6, 6.07) is 0. The van der Waals surface area contributed by atoms with Gasteiger partial charge in [0, 0.05) is 5.56 Å². The van der Waals surface area contributed by atoms with Crippen molar-refractivity contribution in [3.8, 4) is 11.6 Å². The minimum atomic E-state index is -4.88. The van der Waals surface area contributed by atoms with Crippen LogP contribution in [0.5, 0.6) is 11.6 Å². The Morgan fingerprint density at radius 2 is 2.06 bits per heavy atom. The predicted octanol–water partition coefficient (Wildman–Crippen LogP) is 2.11. The summed E-state index contributed by atoms with van der Waals surface area (Å²) in [4.78, 5) is 14.0. The summed E-state index contributed by atoms with van der Waals surface area (Å²) in [5, 5.41) is 0. The van der Waals surface area contributed by atoms with Crippen LogP contribution in [-0.2, 0) is 0 Å². The third-order valence-corrected chi connectivity index (χ3v) is 1.85. The second-order valence-electron chi connectivity index (χ2n) is 2.84. The van der Waals surface area contributed by atoms with Crippen LogP contribution in [0.1, 0.15) is 15.9 Å². The number of hydrogen-bond donors (Lipinski definition) is 0. The van der Waals surface area contributed by atoms with E-state index in [4.69, 9.17) is 4.74 Å². The maximum Gasteiger partial charge on any atom is 0.574 e. The van der Waals surface area contributed by atoms with E-state index in [1.54, 1.807) is 0 Å². The first-order valence-electron chi connectivity index (χ1n) is 4.13. The highest BCUT2D eigenvalue weighted by Gasteiger charge is 2.33. The van der Waals surface area contributed by atoms with Gasteiger partial charge in [-0.1, -0.05) is 0 Å². The normalized spacial score (nSPS) is 11.1. The fourth-order valence-electron chi connectivity index (χ4n) is 1.11. The van der Waals surface area contributed by atoms with E-state index in [2.05, 4.69) is 9.72 Å². The van der Waals surface area contributed by atoms with Gasteiger partial charge in [0.05, 0.1) is 18.9 Å². The molecule has 0 bridgehead atoms. The van der Waals surface area contributed by atoms with E-state index in [0.717, 1.165) is 6.20 Å². The van der Waals surface area contributed by atoms with Crippen molar-refractivity contribution in [1.82, 2.24) is 4.98 Å². The van der Waals surface area contributed by atoms with Crippen LogP contribution in [0.15, 0.2) is 6.20 Å². The van der Waals surface area contributed by atoms with Crippen LogP contribution < -0.4 is 9.47 Å². The molecular formula is C9H8F3NO3. The van der Waals surface area contributed by atoms with Gasteiger partial charge in [-0.05, 0) is 6.92 Å². The van der Waals surface area contributed by atoms with Gasteiger partial charge in [-0.3, -0.25) is 4.79 Å². The number of aromatic nitrogens is 1. The minimum Gasteiger partial charge on any atom is -0.495 e. The average Bonchev–Trinajstić information content (AvgIpc) is 2.16. The highest BCUT2D eigenvalue weighted by molar-refractivity contribution is 5.81. The number of ether oxygens (including phenoxy) is 2. The lowest BCUT2D eigenvalue weighted by atomic mass is 10.1. The van der Waals surface area contributed by atoms with Gasteiger partial charge in [0.25, 0.3) is 0 Å². The number of hydrogen-bond acceptors (Lipinski definition) is 4. The van der Waals surface area contributed by atoms with Crippen LogP contribution in [0.3, 0.4) is 0 Å². The van der Waals surface area contributed by atoms with Gasteiger partial charge in [0.15, 0.2) is 6.29 Å². The van der Waals surface area contributed by atoms with Crippen molar-refractivity contribution in [2.45, 2.75) is 13.3 Å². The first-order valence-corrected chi connectivity index (χ1v) is 4.13. The molecule has 1 heterocycles. The highest BCUT2D eigenvalue weighted by atomic mass is 19.4. The number of methoxy groups -OCH3 is 1. The Balaban J connectivity index is 3.21. The van der Waals surface area contributed by atoms with Gasteiger partial charge < -0.3 is 9.47 Å².